The molecule has 62 valence electrons. The van der Waals surface area contributed by atoms with Crippen LogP contribution in [0.4, 0.5) is 0 Å². The minimum absolute atomic E-state index is 0.0610. The molecule has 5 N–H and O–H groups in total. The second-order valence-electron chi connectivity index (χ2n) is 2.14. The van der Waals surface area contributed by atoms with Crippen LogP contribution < -0.4 is 11.5 Å². The summed E-state index contributed by atoms with van der Waals surface area (Å²) in [5.41, 5.74) is 10.8. The van der Waals surface area contributed by atoms with E-state index in [0.29, 0.717) is 0 Å². The molecule has 4 heteroatoms. The van der Waals surface area contributed by atoms with E-state index in [1.54, 1.807) is 0 Å². The summed E-state index contributed by atoms with van der Waals surface area (Å²) in [5.74, 6) is 0. The average molecular weight is 164 g/mol. The Hall–Kier alpha value is 0.310. The SMILES string of the molecule is NCCP(CCN)CCO. The molecule has 0 rings (SSSR count). The maximum absolute atomic E-state index is 8.62. The lowest BCUT2D eigenvalue weighted by Crippen LogP contribution is -2.12. The minimum atomic E-state index is -0.0610. The van der Waals surface area contributed by atoms with Crippen LogP contribution in [0.25, 0.3) is 0 Å². The number of aliphatic hydroxyl groups is 1. The largest absolute Gasteiger partial charge is 0.396 e. The van der Waals surface area contributed by atoms with E-state index in [4.69, 9.17) is 16.6 Å². The van der Waals surface area contributed by atoms with Gasteiger partial charge in [0.15, 0.2) is 0 Å². The predicted octanol–water partition coefficient (Wildman–Crippen LogP) is -0.622. The van der Waals surface area contributed by atoms with Gasteiger partial charge in [-0.1, -0.05) is 0 Å². The molecule has 0 amide bonds. The third-order valence-corrected chi connectivity index (χ3v) is 3.92. The molecule has 0 aromatic heterocycles. The first kappa shape index (κ1) is 10.3. The van der Waals surface area contributed by atoms with Crippen molar-refractivity contribution in [3.8, 4) is 0 Å². The summed E-state index contributed by atoms with van der Waals surface area (Å²) in [4.78, 5) is 0. The van der Waals surface area contributed by atoms with Gasteiger partial charge in [0.05, 0.1) is 0 Å². The molecule has 0 aromatic carbocycles. The van der Waals surface area contributed by atoms with Crippen LogP contribution >= 0.6 is 7.92 Å². The van der Waals surface area contributed by atoms with E-state index >= 15 is 0 Å². The monoisotopic (exact) mass is 164 g/mol. The van der Waals surface area contributed by atoms with Crippen molar-refractivity contribution in [1.29, 1.82) is 0 Å². The third-order valence-electron chi connectivity index (χ3n) is 1.31. The Labute approximate surface area is 63.5 Å². The summed E-state index contributed by atoms with van der Waals surface area (Å²) >= 11 is 0. The first-order valence-corrected chi connectivity index (χ1v) is 5.48. The molecule has 0 fully saturated rings. The van der Waals surface area contributed by atoms with Crippen LogP contribution in [0.2, 0.25) is 0 Å². The number of aliphatic hydroxyl groups excluding tert-OH is 1. The summed E-state index contributed by atoms with van der Waals surface area (Å²) in [7, 11) is -0.0610. The highest BCUT2D eigenvalue weighted by molar-refractivity contribution is 7.57. The van der Waals surface area contributed by atoms with Crippen molar-refractivity contribution < 1.29 is 5.11 Å². The fourth-order valence-corrected chi connectivity index (χ4v) is 2.53. The lowest BCUT2D eigenvalue weighted by Gasteiger charge is -2.13. The van der Waals surface area contributed by atoms with Crippen molar-refractivity contribution in [2.75, 3.05) is 38.2 Å². The third kappa shape index (κ3) is 5.12. The predicted molar refractivity (Wildman–Crippen MR) is 46.7 cm³/mol. The molecule has 3 nitrogen and oxygen atoms in total. The Kier molecular flexibility index (Phi) is 7.65. The maximum Gasteiger partial charge on any atom is 0.0470 e. The Bertz CT molecular complexity index is 58.5. The van der Waals surface area contributed by atoms with Crippen LogP contribution in [0.3, 0.4) is 0 Å². The molecule has 0 saturated heterocycles. The van der Waals surface area contributed by atoms with Gasteiger partial charge in [-0.3, -0.25) is 0 Å². The second kappa shape index (κ2) is 7.42. The minimum Gasteiger partial charge on any atom is -0.396 e. The molecule has 0 saturated carbocycles. The number of nitrogens with two attached hydrogens (primary N) is 2. The van der Waals surface area contributed by atoms with E-state index < -0.39 is 0 Å². The van der Waals surface area contributed by atoms with Gasteiger partial charge >= 0.3 is 0 Å². The topological polar surface area (TPSA) is 72.3 Å². The van der Waals surface area contributed by atoms with E-state index in [2.05, 4.69) is 0 Å². The number of hydrogen-bond acceptors (Lipinski definition) is 3. The molecule has 0 atom stereocenters. The molecule has 0 unspecified atom stereocenters. The van der Waals surface area contributed by atoms with Gasteiger partial charge in [0.25, 0.3) is 0 Å². The molecule has 0 spiro atoms. The zero-order valence-electron chi connectivity index (χ0n) is 6.29. The van der Waals surface area contributed by atoms with E-state index in [1.807, 2.05) is 0 Å². The molecule has 0 aliphatic carbocycles. The molecule has 0 aromatic rings. The molecule has 0 aliphatic rings. The standard InChI is InChI=1S/C6H17N2OP/c7-1-4-10(5-2-8)6-3-9/h9H,1-8H2. The van der Waals surface area contributed by atoms with Crippen LogP contribution in [-0.2, 0) is 0 Å². The van der Waals surface area contributed by atoms with Crippen molar-refractivity contribution in [1.82, 2.24) is 0 Å². The lowest BCUT2D eigenvalue weighted by molar-refractivity contribution is 0.321. The van der Waals surface area contributed by atoms with Crippen molar-refractivity contribution in [2.45, 2.75) is 0 Å². The summed E-state index contributed by atoms with van der Waals surface area (Å²) in [6.45, 7) is 1.74. The van der Waals surface area contributed by atoms with Gasteiger partial charge in [-0.25, -0.2) is 0 Å². The lowest BCUT2D eigenvalue weighted by atomic mass is 10.8. The van der Waals surface area contributed by atoms with Crippen LogP contribution in [0.5, 0.6) is 0 Å². The average Bonchev–Trinajstić information content (AvgIpc) is 1.90. The normalized spacial score (nSPS) is 10.8. The van der Waals surface area contributed by atoms with E-state index in [0.717, 1.165) is 31.6 Å². The Morgan fingerprint density at radius 3 is 1.80 bits per heavy atom. The van der Waals surface area contributed by atoms with Gasteiger partial charge in [0, 0.05) is 6.61 Å². The summed E-state index contributed by atoms with van der Waals surface area (Å²) in [6.07, 6.45) is 3.00. The highest BCUT2D eigenvalue weighted by atomic mass is 31.1. The van der Waals surface area contributed by atoms with Gasteiger partial charge in [0.2, 0.25) is 0 Å². The maximum atomic E-state index is 8.62. The molecule has 0 aliphatic heterocycles. The second-order valence-corrected chi connectivity index (χ2v) is 4.83. The highest BCUT2D eigenvalue weighted by Gasteiger charge is 2.03. The Balaban J connectivity index is 3.30. The van der Waals surface area contributed by atoms with Gasteiger partial charge in [-0.2, -0.15) is 0 Å². The summed E-state index contributed by atoms with van der Waals surface area (Å²) in [6, 6.07) is 0. The fraction of sp³-hybridized carbons (Fsp3) is 1.00. The zero-order chi connectivity index (χ0) is 7.82. The van der Waals surface area contributed by atoms with Gasteiger partial charge in [-0.05, 0) is 31.6 Å². The Morgan fingerprint density at radius 1 is 1.00 bits per heavy atom. The van der Waals surface area contributed by atoms with Crippen LogP contribution in [0, 0.1) is 0 Å². The Morgan fingerprint density at radius 2 is 1.50 bits per heavy atom. The van der Waals surface area contributed by atoms with Crippen LogP contribution in [-0.4, -0.2) is 43.3 Å². The van der Waals surface area contributed by atoms with Crippen molar-refractivity contribution in [3.63, 3.8) is 0 Å². The number of hydrogen-bond donors (Lipinski definition) is 3. The summed E-state index contributed by atoms with van der Waals surface area (Å²) < 4.78 is 0. The van der Waals surface area contributed by atoms with E-state index in [9.17, 15) is 0 Å². The van der Waals surface area contributed by atoms with Crippen molar-refractivity contribution >= 4 is 7.92 Å². The van der Waals surface area contributed by atoms with Crippen molar-refractivity contribution in [3.05, 3.63) is 0 Å². The van der Waals surface area contributed by atoms with E-state index in [-0.39, 0.29) is 14.5 Å². The van der Waals surface area contributed by atoms with Gasteiger partial charge in [0.1, 0.15) is 0 Å². The first-order chi connectivity index (χ1) is 4.85. The molecule has 10 heavy (non-hydrogen) atoms. The molecule has 0 radical (unpaired) electrons. The number of rotatable bonds is 6. The van der Waals surface area contributed by atoms with Crippen LogP contribution in [0.15, 0.2) is 0 Å². The van der Waals surface area contributed by atoms with E-state index in [1.165, 1.54) is 0 Å². The van der Waals surface area contributed by atoms with Gasteiger partial charge < -0.3 is 16.6 Å². The first-order valence-electron chi connectivity index (χ1n) is 3.58. The quantitative estimate of drug-likeness (QED) is 0.458. The molecule has 0 heterocycles. The summed E-state index contributed by atoms with van der Waals surface area (Å²) in [5, 5.41) is 8.62. The van der Waals surface area contributed by atoms with Crippen molar-refractivity contribution in [2.24, 2.45) is 11.5 Å². The smallest absolute Gasteiger partial charge is 0.0470 e. The molecular weight excluding hydrogens is 147 g/mol. The highest BCUT2D eigenvalue weighted by Crippen LogP contribution is 2.32. The zero-order valence-corrected chi connectivity index (χ0v) is 7.19. The molecule has 0 bridgehead atoms. The fourth-order valence-electron chi connectivity index (χ4n) is 0.842. The molecular formula is C6H17N2OP. The van der Waals surface area contributed by atoms with Gasteiger partial charge in [-0.15, -0.1) is 7.92 Å². The van der Waals surface area contributed by atoms with Crippen LogP contribution in [0.1, 0.15) is 0 Å².